The lowest BCUT2D eigenvalue weighted by atomic mass is 9.87. The van der Waals surface area contributed by atoms with E-state index in [1.807, 2.05) is 0 Å². The molecule has 0 radical (unpaired) electrons. The topological polar surface area (TPSA) is 123 Å². The minimum absolute atomic E-state index is 0.0110. The standard InChI is InChI=1S/C26H38ClN3O7/c1-16(31)36-21(25(2,3)4)23(33)30-10-11-35-15-20(30)22(32)28-14-18-12-19(27)9-8-17(18)13-29-24(34)37-26(5,6)7/h8-9,12,20-21H,10-11,13-15H2,1-7H3,(H,28,32)(H,29,34)/t20-,21?/m0/s1. The maximum absolute atomic E-state index is 13.4. The second kappa shape index (κ2) is 12.6. The van der Waals surface area contributed by atoms with Crippen LogP contribution in [0.4, 0.5) is 4.79 Å². The molecule has 0 aromatic heterocycles. The Kier molecular flexibility index (Phi) is 10.3. The summed E-state index contributed by atoms with van der Waals surface area (Å²) >= 11 is 6.18. The second-order valence-corrected chi connectivity index (χ2v) is 11.4. The number of hydrogen-bond acceptors (Lipinski definition) is 7. The van der Waals surface area contributed by atoms with Crippen molar-refractivity contribution in [2.45, 2.75) is 79.3 Å². The van der Waals surface area contributed by atoms with Gasteiger partial charge in [-0.15, -0.1) is 0 Å². The Bertz CT molecular complexity index is 1000. The molecule has 0 spiro atoms. The van der Waals surface area contributed by atoms with Crippen LogP contribution in [0.3, 0.4) is 0 Å². The number of benzene rings is 1. The highest BCUT2D eigenvalue weighted by molar-refractivity contribution is 6.30. The van der Waals surface area contributed by atoms with Gasteiger partial charge in [0.05, 0.1) is 13.2 Å². The lowest BCUT2D eigenvalue weighted by Gasteiger charge is -2.39. The van der Waals surface area contributed by atoms with E-state index in [4.69, 9.17) is 25.8 Å². The molecule has 2 N–H and O–H groups in total. The molecule has 2 atom stereocenters. The normalized spacial score (nSPS) is 17.0. The molecule has 37 heavy (non-hydrogen) atoms. The van der Waals surface area contributed by atoms with Crippen molar-refractivity contribution in [3.05, 3.63) is 34.3 Å². The SMILES string of the molecule is CC(=O)OC(C(=O)N1CCOC[C@H]1C(=O)NCc1cc(Cl)ccc1CNC(=O)OC(C)(C)C)C(C)(C)C. The molecule has 1 aromatic rings. The van der Waals surface area contributed by atoms with Crippen LogP contribution in [0.2, 0.25) is 5.02 Å². The number of carbonyl (C=O) groups is 4. The van der Waals surface area contributed by atoms with E-state index in [1.165, 1.54) is 11.8 Å². The molecule has 0 bridgehead atoms. The van der Waals surface area contributed by atoms with E-state index < -0.39 is 47.0 Å². The molecule has 11 heteroatoms. The molecule has 206 valence electrons. The first-order valence-electron chi connectivity index (χ1n) is 12.2. The minimum Gasteiger partial charge on any atom is -0.452 e. The fourth-order valence-corrected chi connectivity index (χ4v) is 3.91. The number of hydrogen-bond donors (Lipinski definition) is 2. The van der Waals surface area contributed by atoms with Crippen LogP contribution in [0.15, 0.2) is 18.2 Å². The van der Waals surface area contributed by atoms with Gasteiger partial charge in [-0.25, -0.2) is 4.79 Å². The average Bonchev–Trinajstić information content (AvgIpc) is 2.78. The van der Waals surface area contributed by atoms with Crippen molar-refractivity contribution in [1.82, 2.24) is 15.5 Å². The molecule has 0 aliphatic carbocycles. The van der Waals surface area contributed by atoms with Gasteiger partial charge in [0.25, 0.3) is 5.91 Å². The second-order valence-electron chi connectivity index (χ2n) is 11.0. The molecule has 1 saturated heterocycles. The van der Waals surface area contributed by atoms with Gasteiger partial charge in [0, 0.05) is 37.0 Å². The third kappa shape index (κ3) is 9.51. The Morgan fingerprint density at radius 2 is 1.73 bits per heavy atom. The van der Waals surface area contributed by atoms with Crippen LogP contribution in [0, 0.1) is 5.41 Å². The Labute approximate surface area is 223 Å². The molecular weight excluding hydrogens is 502 g/mol. The monoisotopic (exact) mass is 539 g/mol. The molecule has 1 unspecified atom stereocenters. The number of ether oxygens (including phenoxy) is 3. The van der Waals surface area contributed by atoms with Gasteiger partial charge in [-0.3, -0.25) is 14.4 Å². The number of morpholine rings is 1. The zero-order valence-corrected chi connectivity index (χ0v) is 23.4. The highest BCUT2D eigenvalue weighted by Crippen LogP contribution is 2.26. The molecule has 1 aliphatic heterocycles. The number of rotatable bonds is 7. The van der Waals surface area contributed by atoms with Gasteiger partial charge in [-0.1, -0.05) is 38.4 Å². The van der Waals surface area contributed by atoms with Crippen LogP contribution in [0.25, 0.3) is 0 Å². The fraction of sp³-hybridized carbons (Fsp3) is 0.615. The Hall–Kier alpha value is -2.85. The highest BCUT2D eigenvalue weighted by atomic mass is 35.5. The Balaban J connectivity index is 2.13. The van der Waals surface area contributed by atoms with Crippen LogP contribution in [0.5, 0.6) is 0 Å². The molecule has 1 aliphatic rings. The lowest BCUT2D eigenvalue weighted by molar-refractivity contribution is -0.171. The van der Waals surface area contributed by atoms with E-state index in [-0.39, 0.29) is 32.8 Å². The number of alkyl carbamates (subject to hydrolysis) is 1. The summed E-state index contributed by atoms with van der Waals surface area (Å²) in [5.74, 6) is -1.44. The first-order valence-corrected chi connectivity index (χ1v) is 12.5. The summed E-state index contributed by atoms with van der Waals surface area (Å²) in [5, 5.41) is 6.01. The third-order valence-electron chi connectivity index (χ3n) is 5.45. The number of carbonyl (C=O) groups excluding carboxylic acids is 4. The first-order chi connectivity index (χ1) is 17.1. The van der Waals surface area contributed by atoms with E-state index in [0.29, 0.717) is 10.6 Å². The summed E-state index contributed by atoms with van der Waals surface area (Å²) in [5.41, 5.74) is 0.136. The highest BCUT2D eigenvalue weighted by Gasteiger charge is 2.42. The molecule has 0 saturated carbocycles. The number of amides is 3. The van der Waals surface area contributed by atoms with Gasteiger partial charge in [0.1, 0.15) is 11.6 Å². The average molecular weight is 540 g/mol. The molecule has 10 nitrogen and oxygen atoms in total. The smallest absolute Gasteiger partial charge is 0.407 e. The van der Waals surface area contributed by atoms with Gasteiger partial charge >= 0.3 is 12.1 Å². The summed E-state index contributed by atoms with van der Waals surface area (Å²) in [4.78, 5) is 51.7. The van der Waals surface area contributed by atoms with E-state index in [2.05, 4.69) is 10.6 Å². The van der Waals surface area contributed by atoms with Crippen molar-refractivity contribution >= 4 is 35.5 Å². The van der Waals surface area contributed by atoms with Crippen LogP contribution in [0.1, 0.15) is 59.6 Å². The van der Waals surface area contributed by atoms with Crippen molar-refractivity contribution in [2.24, 2.45) is 5.41 Å². The maximum Gasteiger partial charge on any atom is 0.407 e. The number of nitrogens with one attached hydrogen (secondary N) is 2. The van der Waals surface area contributed by atoms with Crippen molar-refractivity contribution in [3.63, 3.8) is 0 Å². The van der Waals surface area contributed by atoms with Gasteiger partial charge in [0.2, 0.25) is 5.91 Å². The van der Waals surface area contributed by atoms with Crippen molar-refractivity contribution in [2.75, 3.05) is 19.8 Å². The van der Waals surface area contributed by atoms with Gasteiger partial charge in [-0.2, -0.15) is 0 Å². The van der Waals surface area contributed by atoms with E-state index in [0.717, 1.165) is 5.56 Å². The zero-order chi connectivity index (χ0) is 28.0. The number of nitrogens with zero attached hydrogens (tertiary/aromatic N) is 1. The third-order valence-corrected chi connectivity index (χ3v) is 5.69. The van der Waals surface area contributed by atoms with Crippen molar-refractivity contribution in [1.29, 1.82) is 0 Å². The zero-order valence-electron chi connectivity index (χ0n) is 22.6. The molecule has 1 heterocycles. The summed E-state index contributed by atoms with van der Waals surface area (Å²) in [6.07, 6.45) is -1.61. The predicted molar refractivity (Wildman–Crippen MR) is 138 cm³/mol. The largest absolute Gasteiger partial charge is 0.452 e. The Morgan fingerprint density at radius 3 is 2.32 bits per heavy atom. The van der Waals surface area contributed by atoms with Gasteiger partial charge in [-0.05, 0) is 44.0 Å². The van der Waals surface area contributed by atoms with Crippen LogP contribution in [-0.4, -0.2) is 66.3 Å². The van der Waals surface area contributed by atoms with Crippen LogP contribution in [-0.2, 0) is 41.7 Å². The van der Waals surface area contributed by atoms with E-state index >= 15 is 0 Å². The summed E-state index contributed by atoms with van der Waals surface area (Å²) in [6, 6.07) is 4.25. The van der Waals surface area contributed by atoms with Gasteiger partial charge in [0.15, 0.2) is 6.10 Å². The van der Waals surface area contributed by atoms with Crippen LogP contribution >= 0.6 is 11.6 Å². The van der Waals surface area contributed by atoms with Gasteiger partial charge < -0.3 is 29.7 Å². The first kappa shape index (κ1) is 30.4. The number of esters is 1. The molecule has 3 amide bonds. The molecule has 1 fully saturated rings. The summed E-state index contributed by atoms with van der Waals surface area (Å²) in [6.45, 7) is 12.7. The summed E-state index contributed by atoms with van der Waals surface area (Å²) < 4.78 is 16.1. The quantitative estimate of drug-likeness (QED) is 0.510. The lowest BCUT2D eigenvalue weighted by Crippen LogP contribution is -2.59. The maximum atomic E-state index is 13.4. The Morgan fingerprint density at radius 1 is 1.08 bits per heavy atom. The minimum atomic E-state index is -1.04. The van der Waals surface area contributed by atoms with Crippen LogP contribution < -0.4 is 10.6 Å². The van der Waals surface area contributed by atoms with E-state index in [1.54, 1.807) is 59.7 Å². The molecule has 1 aromatic carbocycles. The summed E-state index contributed by atoms with van der Waals surface area (Å²) in [7, 11) is 0. The fourth-order valence-electron chi connectivity index (χ4n) is 3.71. The van der Waals surface area contributed by atoms with Crippen molar-refractivity contribution in [3.8, 4) is 0 Å². The molecule has 2 rings (SSSR count). The van der Waals surface area contributed by atoms with E-state index in [9.17, 15) is 19.2 Å². The predicted octanol–water partition coefficient (Wildman–Crippen LogP) is 3.19. The molecular formula is C26H38ClN3O7. The number of halogens is 1. The van der Waals surface area contributed by atoms with Crippen molar-refractivity contribution < 1.29 is 33.4 Å².